The molecule has 2 N–H and O–H groups in total. The maximum atomic E-state index is 13.1. The van der Waals surface area contributed by atoms with Crippen molar-refractivity contribution in [3.63, 3.8) is 0 Å². The summed E-state index contributed by atoms with van der Waals surface area (Å²) in [5, 5.41) is 3.82. The Kier molecular flexibility index (Phi) is 3.54. The van der Waals surface area contributed by atoms with Gasteiger partial charge in [0.25, 0.3) is 5.89 Å². The van der Waals surface area contributed by atoms with Gasteiger partial charge in [-0.2, -0.15) is 4.98 Å². The van der Waals surface area contributed by atoms with Crippen molar-refractivity contribution >= 4 is 15.9 Å². The molecule has 1 heterocycles. The maximum absolute atomic E-state index is 13.1. The summed E-state index contributed by atoms with van der Waals surface area (Å²) in [5.74, 6) is 0.472. The average Bonchev–Trinajstić information content (AvgIpc) is 2.80. The molecule has 90 valence electrons. The molecule has 0 aliphatic heterocycles. The number of hydrogen-bond donors (Lipinski definition) is 1. The van der Waals surface area contributed by atoms with Gasteiger partial charge in [0, 0.05) is 16.9 Å². The second-order valence-corrected chi connectivity index (χ2v) is 4.57. The van der Waals surface area contributed by atoms with E-state index in [4.69, 9.17) is 10.3 Å². The lowest BCUT2D eigenvalue weighted by Crippen LogP contribution is -2.10. The summed E-state index contributed by atoms with van der Waals surface area (Å²) < 4.78 is 18.9. The zero-order chi connectivity index (χ0) is 12.4. The smallest absolute Gasteiger partial charge is 0.259 e. The van der Waals surface area contributed by atoms with Crippen molar-refractivity contribution in [2.75, 3.05) is 6.54 Å². The highest BCUT2D eigenvalue weighted by Crippen LogP contribution is 2.28. The summed E-state index contributed by atoms with van der Waals surface area (Å²) in [4.78, 5) is 4.20. The first kappa shape index (κ1) is 12.2. The minimum atomic E-state index is -0.352. The first-order chi connectivity index (χ1) is 8.11. The van der Waals surface area contributed by atoms with Gasteiger partial charge in [-0.3, -0.25) is 0 Å². The lowest BCUT2D eigenvalue weighted by atomic mass is 10.2. The predicted octanol–water partition coefficient (Wildman–Crippen LogP) is 2.70. The van der Waals surface area contributed by atoms with Gasteiger partial charge in [-0.15, -0.1) is 0 Å². The van der Waals surface area contributed by atoms with Crippen molar-refractivity contribution < 1.29 is 8.91 Å². The highest BCUT2D eigenvalue weighted by atomic mass is 79.9. The van der Waals surface area contributed by atoms with Crippen molar-refractivity contribution in [1.29, 1.82) is 0 Å². The Labute approximate surface area is 106 Å². The van der Waals surface area contributed by atoms with Crippen LogP contribution < -0.4 is 5.73 Å². The van der Waals surface area contributed by atoms with Crippen LogP contribution in [0.15, 0.2) is 27.2 Å². The summed E-state index contributed by atoms with van der Waals surface area (Å²) in [6, 6.07) is 4.29. The summed E-state index contributed by atoms with van der Waals surface area (Å²) in [6.07, 6.45) is 0. The van der Waals surface area contributed by atoms with Crippen LogP contribution in [-0.2, 0) is 0 Å². The lowest BCUT2D eigenvalue weighted by molar-refractivity contribution is 0.417. The molecule has 0 spiro atoms. The van der Waals surface area contributed by atoms with Gasteiger partial charge in [0.1, 0.15) is 5.82 Å². The zero-order valence-electron chi connectivity index (χ0n) is 9.15. The molecular weight excluding hydrogens is 289 g/mol. The fourth-order valence-corrected chi connectivity index (χ4v) is 1.73. The Hall–Kier alpha value is -1.27. The quantitative estimate of drug-likeness (QED) is 0.946. The number of benzene rings is 1. The van der Waals surface area contributed by atoms with E-state index in [1.807, 2.05) is 6.92 Å². The Balaban J connectivity index is 2.40. The van der Waals surface area contributed by atoms with Crippen LogP contribution >= 0.6 is 15.9 Å². The van der Waals surface area contributed by atoms with Gasteiger partial charge < -0.3 is 10.3 Å². The number of aromatic nitrogens is 2. The van der Waals surface area contributed by atoms with Crippen molar-refractivity contribution in [2.45, 2.75) is 12.8 Å². The van der Waals surface area contributed by atoms with Crippen molar-refractivity contribution in [3.8, 4) is 11.5 Å². The standard InChI is InChI=1S/C11H11BrFN3O/c1-6(5-14)10-15-11(17-16-10)8-4-7(13)2-3-9(8)12/h2-4,6H,5,14H2,1H3. The van der Waals surface area contributed by atoms with Gasteiger partial charge in [0.05, 0.1) is 5.56 Å². The normalized spacial score (nSPS) is 12.7. The maximum Gasteiger partial charge on any atom is 0.259 e. The molecule has 6 heteroatoms. The van der Waals surface area contributed by atoms with Crippen LogP contribution in [0.2, 0.25) is 0 Å². The van der Waals surface area contributed by atoms with Crippen LogP contribution in [0, 0.1) is 5.82 Å². The Bertz CT molecular complexity index is 529. The molecule has 0 bridgehead atoms. The predicted molar refractivity (Wildman–Crippen MR) is 64.9 cm³/mol. The van der Waals surface area contributed by atoms with E-state index in [2.05, 4.69) is 26.1 Å². The van der Waals surface area contributed by atoms with Crippen molar-refractivity contribution in [1.82, 2.24) is 10.1 Å². The molecule has 0 aliphatic carbocycles. The molecule has 2 aromatic rings. The van der Waals surface area contributed by atoms with Crippen LogP contribution in [-0.4, -0.2) is 16.7 Å². The minimum Gasteiger partial charge on any atom is -0.334 e. The molecule has 1 aromatic heterocycles. The van der Waals surface area contributed by atoms with Crippen LogP contribution in [0.5, 0.6) is 0 Å². The Morgan fingerprint density at radius 3 is 3.00 bits per heavy atom. The van der Waals surface area contributed by atoms with E-state index >= 15 is 0 Å². The van der Waals surface area contributed by atoms with E-state index in [9.17, 15) is 4.39 Å². The van der Waals surface area contributed by atoms with E-state index in [-0.39, 0.29) is 17.6 Å². The highest BCUT2D eigenvalue weighted by Gasteiger charge is 2.15. The number of nitrogens with zero attached hydrogens (tertiary/aromatic N) is 2. The van der Waals surface area contributed by atoms with E-state index in [1.165, 1.54) is 12.1 Å². The second-order valence-electron chi connectivity index (χ2n) is 3.72. The Morgan fingerprint density at radius 1 is 1.53 bits per heavy atom. The molecule has 1 aromatic carbocycles. The molecule has 0 radical (unpaired) electrons. The fraction of sp³-hybridized carbons (Fsp3) is 0.273. The summed E-state index contributed by atoms with van der Waals surface area (Å²) in [7, 11) is 0. The van der Waals surface area contributed by atoms with E-state index in [0.29, 0.717) is 22.4 Å². The molecule has 4 nitrogen and oxygen atoms in total. The molecule has 1 atom stereocenters. The molecule has 0 amide bonds. The van der Waals surface area contributed by atoms with Gasteiger partial charge in [-0.1, -0.05) is 12.1 Å². The van der Waals surface area contributed by atoms with E-state index in [1.54, 1.807) is 6.07 Å². The van der Waals surface area contributed by atoms with E-state index < -0.39 is 0 Å². The van der Waals surface area contributed by atoms with Gasteiger partial charge >= 0.3 is 0 Å². The van der Waals surface area contributed by atoms with Crippen molar-refractivity contribution in [2.24, 2.45) is 5.73 Å². The monoisotopic (exact) mass is 299 g/mol. The SMILES string of the molecule is CC(CN)c1noc(-c2cc(F)ccc2Br)n1. The van der Waals surface area contributed by atoms with Gasteiger partial charge in [0.2, 0.25) is 0 Å². The van der Waals surface area contributed by atoms with Crippen LogP contribution in [0.3, 0.4) is 0 Å². The Morgan fingerprint density at radius 2 is 2.29 bits per heavy atom. The number of hydrogen-bond acceptors (Lipinski definition) is 4. The fourth-order valence-electron chi connectivity index (χ4n) is 1.31. The first-order valence-corrected chi connectivity index (χ1v) is 5.90. The molecule has 2 rings (SSSR count). The molecule has 0 saturated carbocycles. The molecule has 0 saturated heterocycles. The number of halogens is 2. The van der Waals surface area contributed by atoms with Gasteiger partial charge in [-0.25, -0.2) is 4.39 Å². The first-order valence-electron chi connectivity index (χ1n) is 5.11. The number of nitrogens with two attached hydrogens (primary N) is 1. The molecular formula is C11H11BrFN3O. The molecule has 0 aliphatic rings. The van der Waals surface area contributed by atoms with Gasteiger partial charge in [0.15, 0.2) is 5.82 Å². The zero-order valence-corrected chi connectivity index (χ0v) is 10.7. The lowest BCUT2D eigenvalue weighted by Gasteiger charge is -2.00. The summed E-state index contributed by atoms with van der Waals surface area (Å²) in [6.45, 7) is 2.33. The molecule has 17 heavy (non-hydrogen) atoms. The third-order valence-electron chi connectivity index (χ3n) is 2.39. The second kappa shape index (κ2) is 4.93. The van der Waals surface area contributed by atoms with Crippen LogP contribution in [0.25, 0.3) is 11.5 Å². The largest absolute Gasteiger partial charge is 0.334 e. The minimum absolute atomic E-state index is 0.0137. The number of rotatable bonds is 3. The molecule has 1 unspecified atom stereocenters. The van der Waals surface area contributed by atoms with E-state index in [0.717, 1.165) is 0 Å². The van der Waals surface area contributed by atoms with Crippen molar-refractivity contribution in [3.05, 3.63) is 34.3 Å². The van der Waals surface area contributed by atoms with Gasteiger partial charge in [-0.05, 0) is 34.1 Å². The van der Waals surface area contributed by atoms with Crippen LogP contribution in [0.4, 0.5) is 4.39 Å². The average molecular weight is 300 g/mol. The highest BCUT2D eigenvalue weighted by molar-refractivity contribution is 9.10. The van der Waals surface area contributed by atoms with Crippen LogP contribution in [0.1, 0.15) is 18.7 Å². The summed E-state index contributed by atoms with van der Waals surface area (Å²) >= 11 is 3.31. The molecule has 0 fully saturated rings. The topological polar surface area (TPSA) is 64.9 Å². The summed E-state index contributed by atoms with van der Waals surface area (Å²) in [5.41, 5.74) is 6.05. The third kappa shape index (κ3) is 2.53. The third-order valence-corrected chi connectivity index (χ3v) is 3.09.